The number of morpholine rings is 1. The molecule has 30 heavy (non-hydrogen) atoms. The van der Waals surface area contributed by atoms with Gasteiger partial charge in [-0.25, -0.2) is 0 Å². The lowest BCUT2D eigenvalue weighted by atomic mass is 9.81. The Hall–Kier alpha value is -2.88. The van der Waals surface area contributed by atoms with Crippen molar-refractivity contribution >= 4 is 11.7 Å². The quantitative estimate of drug-likeness (QED) is 0.465. The standard InChI is InChI=1S/C24H28N4O2/c25-18-26-24(30-23-4-2-1-3-5-23)27-21-10-6-19(7-11-21)20-8-12-22(13-9-20)28-14-16-29-17-15-28/h1-7,10-11,20,22H,8-9,12-17H2,(H,26,27). The minimum atomic E-state index is 0.169. The predicted octanol–water partition coefficient (Wildman–Crippen LogP) is 4.37. The third-order valence-electron chi connectivity index (χ3n) is 6.00. The van der Waals surface area contributed by atoms with Gasteiger partial charge in [-0.2, -0.15) is 5.26 Å². The molecule has 156 valence electrons. The lowest BCUT2D eigenvalue weighted by molar-refractivity contribution is 0.00730. The molecule has 0 spiro atoms. The molecule has 6 nitrogen and oxygen atoms in total. The van der Waals surface area contributed by atoms with Crippen LogP contribution in [0.15, 0.2) is 59.6 Å². The average Bonchev–Trinajstić information content (AvgIpc) is 2.81. The zero-order valence-electron chi connectivity index (χ0n) is 17.2. The highest BCUT2D eigenvalue weighted by Gasteiger charge is 2.27. The Bertz CT molecular complexity index is 862. The van der Waals surface area contributed by atoms with Crippen LogP contribution in [0.2, 0.25) is 0 Å². The first-order valence-corrected chi connectivity index (χ1v) is 10.7. The van der Waals surface area contributed by atoms with Crippen LogP contribution < -0.4 is 10.1 Å². The molecule has 1 heterocycles. The largest absolute Gasteiger partial charge is 0.425 e. The summed E-state index contributed by atoms with van der Waals surface area (Å²) in [6.45, 7) is 3.90. The summed E-state index contributed by atoms with van der Waals surface area (Å²) in [5.74, 6) is 1.25. The molecule has 0 radical (unpaired) electrons. The number of hydrogen-bond donors (Lipinski definition) is 1. The number of benzene rings is 2. The summed E-state index contributed by atoms with van der Waals surface area (Å²) in [7, 11) is 0. The maximum Gasteiger partial charge on any atom is 0.310 e. The number of hydrogen-bond acceptors (Lipinski definition) is 5. The highest BCUT2D eigenvalue weighted by Crippen LogP contribution is 2.35. The fourth-order valence-corrected chi connectivity index (χ4v) is 4.40. The van der Waals surface area contributed by atoms with Gasteiger partial charge in [0.15, 0.2) is 0 Å². The molecule has 1 saturated heterocycles. The van der Waals surface area contributed by atoms with Crippen LogP contribution in [0, 0.1) is 11.5 Å². The van der Waals surface area contributed by atoms with Crippen LogP contribution in [-0.4, -0.2) is 43.3 Å². The van der Waals surface area contributed by atoms with Gasteiger partial charge in [0.25, 0.3) is 0 Å². The minimum absolute atomic E-state index is 0.169. The first kappa shape index (κ1) is 20.4. The van der Waals surface area contributed by atoms with Gasteiger partial charge < -0.3 is 14.8 Å². The Morgan fingerprint density at radius 1 is 1.00 bits per heavy atom. The molecule has 0 atom stereocenters. The van der Waals surface area contributed by atoms with E-state index < -0.39 is 0 Å². The molecule has 6 heteroatoms. The van der Waals surface area contributed by atoms with Crippen LogP contribution in [0.1, 0.15) is 37.2 Å². The van der Waals surface area contributed by atoms with Crippen LogP contribution in [-0.2, 0) is 4.74 Å². The van der Waals surface area contributed by atoms with Gasteiger partial charge in [0, 0.05) is 24.8 Å². The number of nitrogens with zero attached hydrogens (tertiary/aromatic N) is 3. The number of nitrogens with one attached hydrogen (secondary N) is 1. The fourth-order valence-electron chi connectivity index (χ4n) is 4.40. The third kappa shape index (κ3) is 5.38. The first-order chi connectivity index (χ1) is 14.8. The van der Waals surface area contributed by atoms with Gasteiger partial charge in [-0.1, -0.05) is 30.3 Å². The summed E-state index contributed by atoms with van der Waals surface area (Å²) >= 11 is 0. The summed E-state index contributed by atoms with van der Waals surface area (Å²) in [6.07, 6.45) is 6.77. The molecule has 2 aliphatic rings. The normalized spacial score (nSPS) is 22.8. The smallest absolute Gasteiger partial charge is 0.310 e. The van der Waals surface area contributed by atoms with Gasteiger partial charge >= 0.3 is 6.02 Å². The van der Waals surface area contributed by atoms with Crippen LogP contribution >= 0.6 is 0 Å². The third-order valence-corrected chi connectivity index (χ3v) is 6.00. The Kier molecular flexibility index (Phi) is 6.96. The molecular formula is C24H28N4O2. The maximum atomic E-state index is 8.95. The van der Waals surface area contributed by atoms with E-state index in [0.29, 0.717) is 17.7 Å². The van der Waals surface area contributed by atoms with Crippen molar-refractivity contribution in [2.45, 2.75) is 37.6 Å². The van der Waals surface area contributed by atoms with Gasteiger partial charge in [-0.05, 0) is 61.4 Å². The van der Waals surface area contributed by atoms with Crippen molar-refractivity contribution in [2.24, 2.45) is 4.99 Å². The van der Waals surface area contributed by atoms with Crippen LogP contribution in [0.3, 0.4) is 0 Å². The highest BCUT2D eigenvalue weighted by atomic mass is 16.5. The predicted molar refractivity (Wildman–Crippen MR) is 118 cm³/mol. The molecule has 2 aromatic carbocycles. The van der Waals surface area contributed by atoms with E-state index in [1.54, 1.807) is 6.19 Å². The molecule has 0 aromatic heterocycles. The van der Waals surface area contributed by atoms with Crippen LogP contribution in [0.25, 0.3) is 0 Å². The summed E-state index contributed by atoms with van der Waals surface area (Å²) in [5, 5.41) is 12.1. The van der Waals surface area contributed by atoms with Crippen molar-refractivity contribution in [1.29, 1.82) is 5.26 Å². The topological polar surface area (TPSA) is 69.9 Å². The second-order valence-electron chi connectivity index (χ2n) is 7.83. The second kappa shape index (κ2) is 10.2. The van der Waals surface area contributed by atoms with E-state index >= 15 is 0 Å². The zero-order chi connectivity index (χ0) is 20.6. The van der Waals surface area contributed by atoms with Crippen molar-refractivity contribution in [1.82, 2.24) is 4.90 Å². The highest BCUT2D eigenvalue weighted by molar-refractivity contribution is 5.91. The van der Waals surface area contributed by atoms with E-state index in [1.807, 2.05) is 42.5 Å². The minimum Gasteiger partial charge on any atom is -0.425 e. The van der Waals surface area contributed by atoms with Gasteiger partial charge in [-0.15, -0.1) is 4.99 Å². The number of amidine groups is 1. The van der Waals surface area contributed by atoms with Gasteiger partial charge in [0.05, 0.1) is 13.2 Å². The number of nitriles is 1. The Balaban J connectivity index is 1.32. The SMILES string of the molecule is N#C/N=C(/Nc1ccc(C2CCC(N3CCOCC3)CC2)cc1)Oc1ccccc1. The van der Waals surface area contributed by atoms with E-state index in [1.165, 1.54) is 31.2 Å². The number of ether oxygens (including phenoxy) is 2. The molecule has 4 rings (SSSR count). The summed E-state index contributed by atoms with van der Waals surface area (Å²) in [5.41, 5.74) is 2.23. The van der Waals surface area contributed by atoms with Crippen molar-refractivity contribution in [3.63, 3.8) is 0 Å². The molecule has 0 bridgehead atoms. The second-order valence-corrected chi connectivity index (χ2v) is 7.83. The zero-order valence-corrected chi connectivity index (χ0v) is 17.2. The number of anilines is 1. The molecule has 2 fully saturated rings. The Morgan fingerprint density at radius 3 is 2.37 bits per heavy atom. The lowest BCUT2D eigenvalue weighted by Gasteiger charge is -2.38. The lowest BCUT2D eigenvalue weighted by Crippen LogP contribution is -2.44. The van der Waals surface area contributed by atoms with Crippen LogP contribution in [0.4, 0.5) is 5.69 Å². The molecule has 1 N–H and O–H groups in total. The Labute approximate surface area is 178 Å². The molecule has 1 aliphatic heterocycles. The van der Waals surface area contributed by atoms with E-state index in [2.05, 4.69) is 27.3 Å². The summed E-state index contributed by atoms with van der Waals surface area (Å²) in [6, 6.07) is 18.6. The Morgan fingerprint density at radius 2 is 1.70 bits per heavy atom. The molecule has 2 aromatic rings. The molecule has 1 aliphatic carbocycles. The van der Waals surface area contributed by atoms with Crippen LogP contribution in [0.5, 0.6) is 5.75 Å². The number of aliphatic imine (C=N–C) groups is 1. The van der Waals surface area contributed by atoms with Crippen molar-refractivity contribution in [2.75, 3.05) is 31.6 Å². The number of rotatable bonds is 4. The summed E-state index contributed by atoms with van der Waals surface area (Å²) in [4.78, 5) is 6.36. The van der Waals surface area contributed by atoms with E-state index in [0.717, 1.165) is 32.0 Å². The number of para-hydroxylation sites is 1. The fraction of sp³-hybridized carbons (Fsp3) is 0.417. The van der Waals surface area contributed by atoms with Crippen molar-refractivity contribution < 1.29 is 9.47 Å². The van der Waals surface area contributed by atoms with E-state index in [4.69, 9.17) is 14.7 Å². The molecule has 0 unspecified atom stereocenters. The first-order valence-electron chi connectivity index (χ1n) is 10.7. The molecule has 1 saturated carbocycles. The van der Waals surface area contributed by atoms with Gasteiger partial charge in [0.1, 0.15) is 5.75 Å². The van der Waals surface area contributed by atoms with E-state index in [-0.39, 0.29) is 6.02 Å². The van der Waals surface area contributed by atoms with E-state index in [9.17, 15) is 0 Å². The molecular weight excluding hydrogens is 376 g/mol. The average molecular weight is 405 g/mol. The summed E-state index contributed by atoms with van der Waals surface area (Å²) < 4.78 is 11.2. The van der Waals surface area contributed by atoms with Crippen molar-refractivity contribution in [3.05, 3.63) is 60.2 Å². The van der Waals surface area contributed by atoms with Gasteiger partial charge in [-0.3, -0.25) is 4.90 Å². The van der Waals surface area contributed by atoms with Gasteiger partial charge in [0.2, 0.25) is 6.19 Å². The maximum absolute atomic E-state index is 8.95. The molecule has 0 amide bonds. The van der Waals surface area contributed by atoms with Crippen molar-refractivity contribution in [3.8, 4) is 11.9 Å². The monoisotopic (exact) mass is 404 g/mol.